The Morgan fingerprint density at radius 2 is 2.10 bits per heavy atom. The molecule has 5 heteroatoms. The predicted octanol–water partition coefficient (Wildman–Crippen LogP) is 1.21. The van der Waals surface area contributed by atoms with E-state index in [1.807, 2.05) is 24.3 Å². The fourth-order valence-electron chi connectivity index (χ4n) is 2.66. The minimum absolute atomic E-state index is 0.168. The van der Waals surface area contributed by atoms with Crippen LogP contribution in [0.3, 0.4) is 0 Å². The van der Waals surface area contributed by atoms with Crippen molar-refractivity contribution in [1.29, 1.82) is 0 Å². The summed E-state index contributed by atoms with van der Waals surface area (Å²) in [5.41, 5.74) is 7.55. The van der Waals surface area contributed by atoms with E-state index in [9.17, 15) is 0 Å². The molecule has 110 valence electrons. The van der Waals surface area contributed by atoms with Crippen molar-refractivity contribution in [2.24, 2.45) is 16.8 Å². The van der Waals surface area contributed by atoms with E-state index in [0.717, 1.165) is 30.1 Å². The maximum Gasteiger partial charge on any atom is 0.170 e. The molecule has 0 aliphatic carbocycles. The summed E-state index contributed by atoms with van der Waals surface area (Å²) in [5, 5.41) is 15.4. The molecule has 1 heterocycles. The Morgan fingerprint density at radius 3 is 2.80 bits per heavy atom. The molecule has 4 N–H and O–H groups in total. The summed E-state index contributed by atoms with van der Waals surface area (Å²) in [5.74, 6) is 0.920. The number of rotatable bonds is 5. The first-order chi connectivity index (χ1) is 9.70. The minimum atomic E-state index is 0.168. The number of nitrogens with zero attached hydrogens (tertiary/aromatic N) is 2. The zero-order chi connectivity index (χ0) is 14.4. The third kappa shape index (κ3) is 3.95. The molecule has 0 saturated carbocycles. The lowest BCUT2D eigenvalue weighted by Gasteiger charge is -2.29. The van der Waals surface area contributed by atoms with Crippen LogP contribution < -0.4 is 11.1 Å². The fourth-order valence-corrected chi connectivity index (χ4v) is 2.66. The van der Waals surface area contributed by atoms with Crippen LogP contribution in [-0.4, -0.2) is 42.6 Å². The van der Waals surface area contributed by atoms with Gasteiger partial charge in [0, 0.05) is 12.1 Å². The lowest BCUT2D eigenvalue weighted by atomic mass is 9.97. The zero-order valence-corrected chi connectivity index (χ0v) is 12.0. The SMILES string of the molecule is CN1CCC(CNCc2ccccc2C(N)=NO)CC1. The van der Waals surface area contributed by atoms with Crippen molar-refractivity contribution in [2.45, 2.75) is 19.4 Å². The van der Waals surface area contributed by atoms with Gasteiger partial charge < -0.3 is 21.2 Å². The maximum absolute atomic E-state index is 8.80. The van der Waals surface area contributed by atoms with E-state index in [1.165, 1.54) is 25.9 Å². The standard InChI is InChI=1S/C15H24N4O/c1-19-8-6-12(7-9-19)10-17-11-13-4-2-3-5-14(13)15(16)18-20/h2-5,12,17,20H,6-11H2,1H3,(H2,16,18). The molecule has 0 spiro atoms. The van der Waals surface area contributed by atoms with Crippen LogP contribution in [0.1, 0.15) is 24.0 Å². The van der Waals surface area contributed by atoms with Crippen LogP contribution in [0.25, 0.3) is 0 Å². The van der Waals surface area contributed by atoms with Gasteiger partial charge in [-0.15, -0.1) is 0 Å². The topological polar surface area (TPSA) is 73.9 Å². The number of hydrogen-bond acceptors (Lipinski definition) is 4. The minimum Gasteiger partial charge on any atom is -0.409 e. The van der Waals surface area contributed by atoms with Crippen LogP contribution in [0.15, 0.2) is 29.4 Å². The molecule has 0 bridgehead atoms. The summed E-state index contributed by atoms with van der Waals surface area (Å²) in [6, 6.07) is 7.76. The number of amidine groups is 1. The number of nitrogens with two attached hydrogens (primary N) is 1. The van der Waals surface area contributed by atoms with E-state index in [2.05, 4.69) is 22.4 Å². The molecule has 0 aromatic heterocycles. The molecule has 2 rings (SSSR count). The second-order valence-corrected chi connectivity index (χ2v) is 5.52. The number of nitrogens with one attached hydrogen (secondary N) is 1. The van der Waals surface area contributed by atoms with Gasteiger partial charge in [0.25, 0.3) is 0 Å². The first kappa shape index (κ1) is 14.8. The van der Waals surface area contributed by atoms with Crippen LogP contribution in [-0.2, 0) is 6.54 Å². The molecule has 0 amide bonds. The van der Waals surface area contributed by atoms with E-state index < -0.39 is 0 Å². The van der Waals surface area contributed by atoms with Gasteiger partial charge in [-0.2, -0.15) is 0 Å². The Bertz CT molecular complexity index is 453. The number of piperidine rings is 1. The summed E-state index contributed by atoms with van der Waals surface area (Å²) in [4.78, 5) is 2.38. The van der Waals surface area contributed by atoms with Crippen LogP contribution in [0, 0.1) is 5.92 Å². The number of likely N-dealkylation sites (tertiary alicyclic amines) is 1. The van der Waals surface area contributed by atoms with Crippen molar-refractivity contribution in [3.8, 4) is 0 Å². The smallest absolute Gasteiger partial charge is 0.170 e. The Balaban J connectivity index is 1.85. The number of hydrogen-bond donors (Lipinski definition) is 3. The first-order valence-electron chi connectivity index (χ1n) is 7.15. The average Bonchev–Trinajstić information content (AvgIpc) is 2.49. The quantitative estimate of drug-likeness (QED) is 0.327. The Labute approximate surface area is 120 Å². The van der Waals surface area contributed by atoms with Crippen molar-refractivity contribution < 1.29 is 5.21 Å². The van der Waals surface area contributed by atoms with Gasteiger partial charge in [-0.1, -0.05) is 29.4 Å². The predicted molar refractivity (Wildman–Crippen MR) is 80.9 cm³/mol. The monoisotopic (exact) mass is 276 g/mol. The molecule has 1 saturated heterocycles. The summed E-state index contributed by atoms with van der Waals surface area (Å²) in [6.45, 7) is 4.15. The summed E-state index contributed by atoms with van der Waals surface area (Å²) in [7, 11) is 2.18. The summed E-state index contributed by atoms with van der Waals surface area (Å²) >= 11 is 0. The summed E-state index contributed by atoms with van der Waals surface area (Å²) in [6.07, 6.45) is 2.51. The lowest BCUT2D eigenvalue weighted by molar-refractivity contribution is 0.216. The van der Waals surface area contributed by atoms with Crippen molar-refractivity contribution in [1.82, 2.24) is 10.2 Å². The van der Waals surface area contributed by atoms with E-state index in [-0.39, 0.29) is 5.84 Å². The number of benzene rings is 1. The Morgan fingerprint density at radius 1 is 1.40 bits per heavy atom. The van der Waals surface area contributed by atoms with Crippen LogP contribution in [0.2, 0.25) is 0 Å². The van der Waals surface area contributed by atoms with E-state index >= 15 is 0 Å². The third-order valence-electron chi connectivity index (χ3n) is 3.99. The highest BCUT2D eigenvalue weighted by Gasteiger charge is 2.16. The summed E-state index contributed by atoms with van der Waals surface area (Å²) < 4.78 is 0. The second-order valence-electron chi connectivity index (χ2n) is 5.52. The van der Waals surface area contributed by atoms with Crippen molar-refractivity contribution in [3.05, 3.63) is 35.4 Å². The van der Waals surface area contributed by atoms with Crippen LogP contribution in [0.4, 0.5) is 0 Å². The third-order valence-corrected chi connectivity index (χ3v) is 3.99. The van der Waals surface area contributed by atoms with Crippen LogP contribution >= 0.6 is 0 Å². The van der Waals surface area contributed by atoms with Crippen LogP contribution in [0.5, 0.6) is 0 Å². The maximum atomic E-state index is 8.80. The van der Waals surface area contributed by atoms with Gasteiger partial charge in [-0.05, 0) is 51.0 Å². The normalized spacial score (nSPS) is 18.4. The Hall–Kier alpha value is -1.59. The molecule has 1 fully saturated rings. The largest absolute Gasteiger partial charge is 0.409 e. The molecule has 1 aliphatic rings. The second kappa shape index (κ2) is 7.26. The Kier molecular flexibility index (Phi) is 5.38. The van der Waals surface area contributed by atoms with Gasteiger partial charge in [0.15, 0.2) is 5.84 Å². The molecule has 0 unspecified atom stereocenters. The van der Waals surface area contributed by atoms with E-state index in [1.54, 1.807) is 0 Å². The van der Waals surface area contributed by atoms with Gasteiger partial charge in [0.1, 0.15) is 0 Å². The molecule has 1 aliphatic heterocycles. The van der Waals surface area contributed by atoms with Gasteiger partial charge in [-0.3, -0.25) is 0 Å². The van der Waals surface area contributed by atoms with Gasteiger partial charge >= 0.3 is 0 Å². The van der Waals surface area contributed by atoms with E-state index in [0.29, 0.717) is 0 Å². The van der Waals surface area contributed by atoms with Gasteiger partial charge in [0.05, 0.1) is 0 Å². The average molecular weight is 276 g/mol. The lowest BCUT2D eigenvalue weighted by Crippen LogP contribution is -2.35. The highest BCUT2D eigenvalue weighted by Crippen LogP contribution is 2.15. The fraction of sp³-hybridized carbons (Fsp3) is 0.533. The van der Waals surface area contributed by atoms with Crippen molar-refractivity contribution in [3.63, 3.8) is 0 Å². The molecule has 5 nitrogen and oxygen atoms in total. The molecule has 1 aromatic rings. The number of oxime groups is 1. The molecule has 20 heavy (non-hydrogen) atoms. The molecule has 0 atom stereocenters. The van der Waals surface area contributed by atoms with E-state index in [4.69, 9.17) is 10.9 Å². The molecular weight excluding hydrogens is 252 g/mol. The van der Waals surface area contributed by atoms with Crippen molar-refractivity contribution in [2.75, 3.05) is 26.7 Å². The molecule has 0 radical (unpaired) electrons. The van der Waals surface area contributed by atoms with Crippen molar-refractivity contribution >= 4 is 5.84 Å². The highest BCUT2D eigenvalue weighted by molar-refractivity contribution is 5.98. The van der Waals surface area contributed by atoms with Gasteiger partial charge in [0.2, 0.25) is 0 Å². The first-order valence-corrected chi connectivity index (χ1v) is 7.15. The molecule has 1 aromatic carbocycles. The highest BCUT2D eigenvalue weighted by atomic mass is 16.4. The van der Waals surface area contributed by atoms with Gasteiger partial charge in [-0.25, -0.2) is 0 Å². The molecular formula is C15H24N4O. The zero-order valence-electron chi connectivity index (χ0n) is 12.0.